The number of hydrogen-bond acceptors (Lipinski definition) is 2. The number of rotatable bonds is 3. The van der Waals surface area contributed by atoms with Gasteiger partial charge >= 0.3 is 0 Å². The first-order valence-corrected chi connectivity index (χ1v) is 5.43. The number of likely N-dealkylation sites (N-methyl/N-ethyl adjacent to an activating group) is 1. The first kappa shape index (κ1) is 11.2. The van der Waals surface area contributed by atoms with Crippen LogP contribution >= 0.6 is 0 Å². The van der Waals surface area contributed by atoms with Gasteiger partial charge in [0.25, 0.3) is 0 Å². The van der Waals surface area contributed by atoms with Crippen LogP contribution in [0.15, 0.2) is 12.2 Å². The molecule has 1 rings (SSSR count). The number of nitrogens with one attached hydrogen (secondary N) is 1. The first-order valence-electron chi connectivity index (χ1n) is 5.43. The number of allylic oxidation sites excluding steroid dienone is 1. The zero-order valence-electron chi connectivity index (χ0n) is 9.12. The fourth-order valence-electron chi connectivity index (χ4n) is 1.95. The fraction of sp³-hybridized carbons (Fsp3) is 0.727. The summed E-state index contributed by atoms with van der Waals surface area (Å²) < 4.78 is 0. The summed E-state index contributed by atoms with van der Waals surface area (Å²) in [5.41, 5.74) is 0. The molecule has 1 aliphatic heterocycles. The lowest BCUT2D eigenvalue weighted by atomic mass is 10.0. The van der Waals surface area contributed by atoms with Crippen molar-refractivity contribution in [3.63, 3.8) is 0 Å². The molecule has 0 aromatic heterocycles. The summed E-state index contributed by atoms with van der Waals surface area (Å²) in [7, 11) is 0. The van der Waals surface area contributed by atoms with Crippen LogP contribution in [0, 0.1) is 0 Å². The molecule has 80 valence electrons. The van der Waals surface area contributed by atoms with Crippen LogP contribution in [0.3, 0.4) is 0 Å². The van der Waals surface area contributed by atoms with E-state index in [-0.39, 0.29) is 5.91 Å². The predicted molar refractivity (Wildman–Crippen MR) is 58.1 cm³/mol. The molecule has 1 N–H and O–H groups in total. The van der Waals surface area contributed by atoms with Crippen molar-refractivity contribution in [2.45, 2.75) is 32.7 Å². The van der Waals surface area contributed by atoms with Crippen LogP contribution in [-0.4, -0.2) is 36.5 Å². The first-order chi connectivity index (χ1) is 6.79. The molecule has 0 aromatic carbocycles. The van der Waals surface area contributed by atoms with E-state index in [1.165, 1.54) is 0 Å². The monoisotopic (exact) mass is 196 g/mol. The van der Waals surface area contributed by atoms with Crippen molar-refractivity contribution >= 4 is 5.91 Å². The Balaban J connectivity index is 2.55. The van der Waals surface area contributed by atoms with Crippen LogP contribution < -0.4 is 5.32 Å². The van der Waals surface area contributed by atoms with Crippen LogP contribution in [0.5, 0.6) is 0 Å². The molecule has 0 aromatic rings. The van der Waals surface area contributed by atoms with Crippen LogP contribution in [-0.2, 0) is 4.79 Å². The molecule has 0 unspecified atom stereocenters. The summed E-state index contributed by atoms with van der Waals surface area (Å²) in [5, 5.41) is 3.31. The summed E-state index contributed by atoms with van der Waals surface area (Å²) in [6.07, 6.45) is 5.63. The van der Waals surface area contributed by atoms with Gasteiger partial charge in [0.1, 0.15) is 0 Å². The van der Waals surface area contributed by atoms with Crippen molar-refractivity contribution < 1.29 is 4.79 Å². The third-order valence-corrected chi connectivity index (χ3v) is 2.68. The highest BCUT2D eigenvalue weighted by Crippen LogP contribution is 2.11. The van der Waals surface area contributed by atoms with Gasteiger partial charge in [0, 0.05) is 12.6 Å². The molecular weight excluding hydrogens is 176 g/mol. The fourth-order valence-corrected chi connectivity index (χ4v) is 1.95. The van der Waals surface area contributed by atoms with Crippen molar-refractivity contribution in [3.05, 3.63) is 12.2 Å². The third-order valence-electron chi connectivity index (χ3n) is 2.68. The Hall–Kier alpha value is -0.830. The topological polar surface area (TPSA) is 32.3 Å². The van der Waals surface area contributed by atoms with E-state index in [1.807, 2.05) is 24.8 Å². The molecule has 1 amide bonds. The highest BCUT2D eigenvalue weighted by molar-refractivity contribution is 5.87. The summed E-state index contributed by atoms with van der Waals surface area (Å²) in [6.45, 7) is 6.81. The van der Waals surface area contributed by atoms with E-state index in [4.69, 9.17) is 0 Å². The largest absolute Gasteiger partial charge is 0.336 e. The van der Waals surface area contributed by atoms with E-state index in [0.717, 1.165) is 32.5 Å². The maximum absolute atomic E-state index is 11.7. The highest BCUT2D eigenvalue weighted by atomic mass is 16.2. The second kappa shape index (κ2) is 5.81. The number of hydrogen-bond donors (Lipinski definition) is 1. The Bertz CT molecular complexity index is 207. The molecule has 3 nitrogen and oxygen atoms in total. The number of nitrogens with zero attached hydrogens (tertiary/aromatic N) is 1. The molecule has 0 spiro atoms. The van der Waals surface area contributed by atoms with Crippen LogP contribution in [0.25, 0.3) is 0 Å². The Morgan fingerprint density at radius 1 is 1.50 bits per heavy atom. The van der Waals surface area contributed by atoms with Crippen LogP contribution in [0.1, 0.15) is 26.7 Å². The molecule has 3 heteroatoms. The van der Waals surface area contributed by atoms with Gasteiger partial charge in [-0.1, -0.05) is 6.08 Å². The van der Waals surface area contributed by atoms with Gasteiger partial charge in [-0.3, -0.25) is 4.79 Å². The van der Waals surface area contributed by atoms with Gasteiger partial charge in [-0.05, 0) is 45.9 Å². The smallest absolute Gasteiger partial charge is 0.246 e. The van der Waals surface area contributed by atoms with Gasteiger partial charge in [0.2, 0.25) is 5.91 Å². The summed E-state index contributed by atoms with van der Waals surface area (Å²) in [4.78, 5) is 13.7. The molecule has 0 atom stereocenters. The minimum absolute atomic E-state index is 0.155. The molecule has 0 radical (unpaired) electrons. The van der Waals surface area contributed by atoms with Gasteiger partial charge in [-0.2, -0.15) is 0 Å². The minimum atomic E-state index is 0.155. The second-order valence-corrected chi connectivity index (χ2v) is 3.61. The Kier molecular flexibility index (Phi) is 4.66. The van der Waals surface area contributed by atoms with Gasteiger partial charge in [-0.25, -0.2) is 0 Å². The molecule has 1 saturated heterocycles. The molecular formula is C11H20N2O. The van der Waals surface area contributed by atoms with E-state index in [1.54, 1.807) is 6.08 Å². The van der Waals surface area contributed by atoms with E-state index in [2.05, 4.69) is 5.32 Å². The number of carbonyl (C=O) groups is 1. The second-order valence-electron chi connectivity index (χ2n) is 3.61. The lowest BCUT2D eigenvalue weighted by Crippen LogP contribution is -2.45. The number of amides is 1. The lowest BCUT2D eigenvalue weighted by molar-refractivity contribution is -0.128. The zero-order valence-corrected chi connectivity index (χ0v) is 9.12. The molecule has 1 aliphatic rings. The summed E-state index contributed by atoms with van der Waals surface area (Å²) in [5.74, 6) is 0.155. The Labute approximate surface area is 86.2 Å². The van der Waals surface area contributed by atoms with Gasteiger partial charge in [0.05, 0.1) is 0 Å². The average molecular weight is 196 g/mol. The lowest BCUT2D eigenvalue weighted by Gasteiger charge is -2.33. The average Bonchev–Trinajstić information content (AvgIpc) is 2.21. The maximum atomic E-state index is 11.7. The summed E-state index contributed by atoms with van der Waals surface area (Å²) in [6, 6.07) is 0.435. The van der Waals surface area contributed by atoms with Gasteiger partial charge in [-0.15, -0.1) is 0 Å². The van der Waals surface area contributed by atoms with E-state index in [0.29, 0.717) is 6.04 Å². The molecule has 0 bridgehead atoms. The molecule has 0 saturated carbocycles. The predicted octanol–water partition coefficient (Wildman–Crippen LogP) is 1.16. The van der Waals surface area contributed by atoms with Crippen LogP contribution in [0.2, 0.25) is 0 Å². The minimum Gasteiger partial charge on any atom is -0.336 e. The van der Waals surface area contributed by atoms with E-state index >= 15 is 0 Å². The van der Waals surface area contributed by atoms with Crippen molar-refractivity contribution in [1.82, 2.24) is 10.2 Å². The van der Waals surface area contributed by atoms with Crippen molar-refractivity contribution in [2.75, 3.05) is 19.6 Å². The molecule has 0 aliphatic carbocycles. The zero-order chi connectivity index (χ0) is 10.4. The quantitative estimate of drug-likeness (QED) is 0.687. The van der Waals surface area contributed by atoms with Gasteiger partial charge < -0.3 is 10.2 Å². The van der Waals surface area contributed by atoms with Crippen molar-refractivity contribution in [1.29, 1.82) is 0 Å². The van der Waals surface area contributed by atoms with Gasteiger partial charge in [0.15, 0.2) is 0 Å². The molecule has 1 heterocycles. The number of carbonyl (C=O) groups excluding carboxylic acids is 1. The van der Waals surface area contributed by atoms with E-state index < -0.39 is 0 Å². The number of piperidine rings is 1. The van der Waals surface area contributed by atoms with Crippen molar-refractivity contribution in [2.24, 2.45) is 0 Å². The highest BCUT2D eigenvalue weighted by Gasteiger charge is 2.21. The Morgan fingerprint density at radius 3 is 2.64 bits per heavy atom. The summed E-state index contributed by atoms with van der Waals surface area (Å²) >= 11 is 0. The van der Waals surface area contributed by atoms with E-state index in [9.17, 15) is 4.79 Å². The van der Waals surface area contributed by atoms with Crippen LogP contribution in [0.4, 0.5) is 0 Å². The third kappa shape index (κ3) is 2.84. The standard InChI is InChI=1S/C11H20N2O/c1-3-5-11(14)13(4-2)10-6-8-12-9-7-10/h3,5,10,12H,4,6-9H2,1-2H3/b5-3+. The normalized spacial score (nSPS) is 18.7. The molecule has 1 fully saturated rings. The maximum Gasteiger partial charge on any atom is 0.246 e. The molecule has 14 heavy (non-hydrogen) atoms. The van der Waals surface area contributed by atoms with Crippen molar-refractivity contribution in [3.8, 4) is 0 Å². The Morgan fingerprint density at radius 2 is 2.14 bits per heavy atom. The SMILES string of the molecule is C/C=C/C(=O)N(CC)C1CCNCC1.